The number of methoxy groups -OCH3 is 1. The fraction of sp³-hybridized carbons (Fsp3) is 0.647. The first kappa shape index (κ1) is 16.7. The Balaban J connectivity index is 1.93. The average Bonchev–Trinajstić information content (AvgIpc) is 3.08. The molecule has 0 aliphatic carbocycles. The second-order valence-electron chi connectivity index (χ2n) is 6.93. The molecule has 1 fully saturated rings. The van der Waals surface area contributed by atoms with E-state index in [0.29, 0.717) is 5.78 Å². The molecule has 0 aromatic carbocycles. The Morgan fingerprint density at radius 3 is 2.96 bits per heavy atom. The monoisotopic (exact) mass is 331 g/mol. The van der Waals surface area contributed by atoms with Gasteiger partial charge in [-0.05, 0) is 39.0 Å². The number of anilines is 1. The molecule has 0 bridgehead atoms. The van der Waals surface area contributed by atoms with Gasteiger partial charge in [0.05, 0.1) is 12.5 Å². The molecule has 1 aliphatic heterocycles. The zero-order valence-corrected chi connectivity index (χ0v) is 14.8. The van der Waals surface area contributed by atoms with E-state index in [2.05, 4.69) is 33.0 Å². The zero-order chi connectivity index (χ0) is 17.3. The van der Waals surface area contributed by atoms with Crippen LogP contribution in [0.3, 0.4) is 0 Å². The van der Waals surface area contributed by atoms with Crippen LogP contribution in [-0.4, -0.2) is 45.8 Å². The van der Waals surface area contributed by atoms with Gasteiger partial charge in [-0.25, -0.2) is 4.98 Å². The minimum Gasteiger partial charge on any atom is -0.469 e. The molecular formula is C17H25N5O2. The van der Waals surface area contributed by atoms with Crippen LogP contribution in [0.5, 0.6) is 0 Å². The lowest BCUT2D eigenvalue weighted by molar-refractivity contribution is -0.154. The molecule has 7 nitrogen and oxygen atoms in total. The molecule has 3 heterocycles. The Morgan fingerprint density at radius 1 is 1.46 bits per heavy atom. The van der Waals surface area contributed by atoms with Crippen molar-refractivity contribution < 1.29 is 9.53 Å². The fourth-order valence-corrected chi connectivity index (χ4v) is 3.45. The first-order chi connectivity index (χ1) is 11.5. The molecule has 1 unspecified atom stereocenters. The van der Waals surface area contributed by atoms with Crippen LogP contribution in [0.1, 0.15) is 39.3 Å². The standard InChI is InChI=1S/C17H25N5O2/c1-5-13-9-14(22-16(20-13)18-11-19-22)21-8-6-7-12(10-21)17(2,3)15(23)24-4/h9,11-12H,5-8,10H2,1-4H3. The molecule has 130 valence electrons. The SMILES string of the molecule is CCc1cc(N2CCCC(C(C)(C)C(=O)OC)C2)n2ncnc2n1. The van der Waals surface area contributed by atoms with E-state index in [0.717, 1.165) is 43.9 Å². The lowest BCUT2D eigenvalue weighted by Crippen LogP contribution is -2.45. The van der Waals surface area contributed by atoms with Gasteiger partial charge in [0.25, 0.3) is 5.78 Å². The van der Waals surface area contributed by atoms with Crippen molar-refractivity contribution >= 4 is 17.6 Å². The molecule has 7 heteroatoms. The van der Waals surface area contributed by atoms with Crippen molar-refractivity contribution in [3.63, 3.8) is 0 Å². The molecule has 0 amide bonds. The highest BCUT2D eigenvalue weighted by Crippen LogP contribution is 2.36. The van der Waals surface area contributed by atoms with Crippen molar-refractivity contribution in [1.29, 1.82) is 0 Å². The Morgan fingerprint density at radius 2 is 2.25 bits per heavy atom. The number of nitrogens with zero attached hydrogens (tertiary/aromatic N) is 5. The maximum Gasteiger partial charge on any atom is 0.311 e. The Bertz CT molecular complexity index is 740. The summed E-state index contributed by atoms with van der Waals surface area (Å²) in [4.78, 5) is 23.2. The van der Waals surface area contributed by atoms with E-state index in [-0.39, 0.29) is 11.9 Å². The van der Waals surface area contributed by atoms with Crippen LogP contribution < -0.4 is 4.90 Å². The van der Waals surface area contributed by atoms with E-state index in [1.165, 1.54) is 13.4 Å². The van der Waals surface area contributed by atoms with Crippen LogP contribution in [-0.2, 0) is 16.0 Å². The number of piperidine rings is 1. The lowest BCUT2D eigenvalue weighted by Gasteiger charge is -2.40. The summed E-state index contributed by atoms with van der Waals surface area (Å²) in [5.41, 5.74) is 0.495. The smallest absolute Gasteiger partial charge is 0.311 e. The molecule has 0 saturated carbocycles. The molecule has 1 atom stereocenters. The van der Waals surface area contributed by atoms with Crippen molar-refractivity contribution in [3.8, 4) is 0 Å². The third kappa shape index (κ3) is 2.83. The summed E-state index contributed by atoms with van der Waals surface area (Å²) in [7, 11) is 1.46. The third-order valence-electron chi connectivity index (χ3n) is 5.13. The first-order valence-corrected chi connectivity index (χ1v) is 8.50. The second-order valence-corrected chi connectivity index (χ2v) is 6.93. The highest BCUT2D eigenvalue weighted by atomic mass is 16.5. The van der Waals surface area contributed by atoms with E-state index in [9.17, 15) is 4.79 Å². The largest absolute Gasteiger partial charge is 0.469 e. The number of ether oxygens (including phenoxy) is 1. The number of hydrogen-bond acceptors (Lipinski definition) is 6. The summed E-state index contributed by atoms with van der Waals surface area (Å²) in [6, 6.07) is 2.08. The molecule has 1 aliphatic rings. The fourth-order valence-electron chi connectivity index (χ4n) is 3.45. The van der Waals surface area contributed by atoms with Gasteiger partial charge in [0.2, 0.25) is 0 Å². The molecule has 2 aromatic rings. The number of carbonyl (C=O) groups is 1. The third-order valence-corrected chi connectivity index (χ3v) is 5.13. The predicted molar refractivity (Wildman–Crippen MR) is 90.9 cm³/mol. The zero-order valence-electron chi connectivity index (χ0n) is 14.8. The first-order valence-electron chi connectivity index (χ1n) is 8.50. The predicted octanol–water partition coefficient (Wildman–Crippen LogP) is 2.10. The summed E-state index contributed by atoms with van der Waals surface area (Å²) in [6.45, 7) is 7.77. The molecule has 1 saturated heterocycles. The normalized spacial score (nSPS) is 18.8. The number of fused-ring (bicyclic) bond motifs is 1. The molecule has 0 N–H and O–H groups in total. The Kier molecular flexibility index (Phi) is 4.43. The molecule has 2 aromatic heterocycles. The molecule has 0 spiro atoms. The summed E-state index contributed by atoms with van der Waals surface area (Å²) >= 11 is 0. The van der Waals surface area contributed by atoms with Gasteiger partial charge < -0.3 is 9.64 Å². The van der Waals surface area contributed by atoms with E-state index in [4.69, 9.17) is 4.74 Å². The second kappa shape index (κ2) is 6.37. The molecular weight excluding hydrogens is 306 g/mol. The number of rotatable bonds is 4. The minimum absolute atomic E-state index is 0.149. The lowest BCUT2D eigenvalue weighted by atomic mass is 9.74. The average molecular weight is 331 g/mol. The van der Waals surface area contributed by atoms with Gasteiger partial charge in [-0.15, -0.1) is 0 Å². The van der Waals surface area contributed by atoms with Gasteiger partial charge in [0.1, 0.15) is 12.1 Å². The maximum atomic E-state index is 12.2. The van der Waals surface area contributed by atoms with Crippen LogP contribution in [0.25, 0.3) is 5.78 Å². The minimum atomic E-state index is -0.504. The number of esters is 1. The molecule has 0 radical (unpaired) electrons. The van der Waals surface area contributed by atoms with E-state index in [1.807, 2.05) is 13.8 Å². The van der Waals surface area contributed by atoms with E-state index < -0.39 is 5.41 Å². The van der Waals surface area contributed by atoms with Gasteiger partial charge in [0, 0.05) is 24.8 Å². The van der Waals surface area contributed by atoms with Crippen LogP contribution in [0, 0.1) is 11.3 Å². The van der Waals surface area contributed by atoms with Crippen LogP contribution >= 0.6 is 0 Å². The van der Waals surface area contributed by atoms with Gasteiger partial charge in [-0.1, -0.05) is 6.92 Å². The van der Waals surface area contributed by atoms with Gasteiger partial charge >= 0.3 is 5.97 Å². The topological polar surface area (TPSA) is 72.6 Å². The van der Waals surface area contributed by atoms with E-state index in [1.54, 1.807) is 4.52 Å². The summed E-state index contributed by atoms with van der Waals surface area (Å²) < 4.78 is 6.79. The highest BCUT2D eigenvalue weighted by Gasteiger charge is 2.40. The quantitative estimate of drug-likeness (QED) is 0.799. The van der Waals surface area contributed by atoms with Crippen LogP contribution in [0.2, 0.25) is 0 Å². The van der Waals surface area contributed by atoms with Crippen LogP contribution in [0.15, 0.2) is 12.4 Å². The van der Waals surface area contributed by atoms with Gasteiger partial charge in [0.15, 0.2) is 0 Å². The Hall–Kier alpha value is -2.18. The molecule has 3 rings (SSSR count). The van der Waals surface area contributed by atoms with Gasteiger partial charge in [-0.2, -0.15) is 14.6 Å². The highest BCUT2D eigenvalue weighted by molar-refractivity contribution is 5.76. The van der Waals surface area contributed by atoms with Crippen molar-refractivity contribution in [1.82, 2.24) is 19.6 Å². The number of aryl methyl sites for hydroxylation is 1. The van der Waals surface area contributed by atoms with Crippen molar-refractivity contribution in [2.45, 2.75) is 40.0 Å². The van der Waals surface area contributed by atoms with Crippen LogP contribution in [0.4, 0.5) is 5.82 Å². The summed E-state index contributed by atoms with van der Waals surface area (Å²) in [6.07, 6.45) is 4.43. The Labute approximate surface area is 142 Å². The van der Waals surface area contributed by atoms with Crippen molar-refractivity contribution in [3.05, 3.63) is 18.1 Å². The van der Waals surface area contributed by atoms with Crippen molar-refractivity contribution in [2.75, 3.05) is 25.1 Å². The summed E-state index contributed by atoms with van der Waals surface area (Å²) in [5.74, 6) is 1.71. The molecule has 24 heavy (non-hydrogen) atoms. The maximum absolute atomic E-state index is 12.2. The van der Waals surface area contributed by atoms with Gasteiger partial charge in [-0.3, -0.25) is 4.79 Å². The number of aromatic nitrogens is 4. The van der Waals surface area contributed by atoms with E-state index >= 15 is 0 Å². The summed E-state index contributed by atoms with van der Waals surface area (Å²) in [5, 5.41) is 4.32. The van der Waals surface area contributed by atoms with Crippen molar-refractivity contribution in [2.24, 2.45) is 11.3 Å². The number of hydrogen-bond donors (Lipinski definition) is 0. The number of carbonyl (C=O) groups excluding carboxylic acids is 1.